The molecule has 0 unspecified atom stereocenters. The number of anilines is 1. The highest BCUT2D eigenvalue weighted by Gasteiger charge is 1.98. The lowest BCUT2D eigenvalue weighted by Gasteiger charge is -2.08. The number of benzene rings is 1. The third-order valence-corrected chi connectivity index (χ3v) is 2.34. The van der Waals surface area contributed by atoms with Crippen LogP contribution in [0.1, 0.15) is 6.92 Å². The first kappa shape index (κ1) is 12.3. The van der Waals surface area contributed by atoms with Gasteiger partial charge in [0.25, 0.3) is 0 Å². The van der Waals surface area contributed by atoms with Gasteiger partial charge in [0.05, 0.1) is 13.7 Å². The van der Waals surface area contributed by atoms with Crippen molar-refractivity contribution in [1.82, 2.24) is 0 Å². The molecule has 1 aromatic rings. The van der Waals surface area contributed by atoms with E-state index in [1.807, 2.05) is 25.1 Å². The van der Waals surface area contributed by atoms with Gasteiger partial charge in [-0.1, -0.05) is 15.9 Å². The molecule has 3 nitrogen and oxygen atoms in total. The minimum Gasteiger partial charge on any atom is -0.497 e. The summed E-state index contributed by atoms with van der Waals surface area (Å²) in [6.07, 6.45) is 0. The van der Waals surface area contributed by atoms with Gasteiger partial charge in [0.1, 0.15) is 5.75 Å². The van der Waals surface area contributed by atoms with Crippen LogP contribution in [-0.4, -0.2) is 26.9 Å². The van der Waals surface area contributed by atoms with Gasteiger partial charge in [-0.15, -0.1) is 0 Å². The topological polar surface area (TPSA) is 30.5 Å². The second kappa shape index (κ2) is 6.69. The Morgan fingerprint density at radius 2 is 2.13 bits per heavy atom. The fourth-order valence-electron chi connectivity index (χ4n) is 1.19. The molecule has 0 saturated carbocycles. The van der Waals surface area contributed by atoms with Gasteiger partial charge < -0.3 is 14.8 Å². The molecular weight excluding hydrogens is 258 g/mol. The molecule has 0 atom stereocenters. The molecule has 1 aromatic carbocycles. The zero-order chi connectivity index (χ0) is 11.1. The molecule has 1 rings (SSSR count). The van der Waals surface area contributed by atoms with Gasteiger partial charge >= 0.3 is 0 Å². The average molecular weight is 274 g/mol. The Kier molecular flexibility index (Phi) is 5.50. The zero-order valence-corrected chi connectivity index (χ0v) is 10.6. The van der Waals surface area contributed by atoms with Crippen molar-refractivity contribution in [2.24, 2.45) is 0 Å². The van der Waals surface area contributed by atoms with Gasteiger partial charge in [0, 0.05) is 29.4 Å². The lowest BCUT2D eigenvalue weighted by molar-refractivity contribution is 0.158. The van der Waals surface area contributed by atoms with Crippen LogP contribution in [0.15, 0.2) is 22.7 Å². The third kappa shape index (κ3) is 4.53. The van der Waals surface area contributed by atoms with Gasteiger partial charge in [-0.3, -0.25) is 0 Å². The van der Waals surface area contributed by atoms with E-state index in [4.69, 9.17) is 9.47 Å². The Bertz CT molecular complexity index is 305. The lowest BCUT2D eigenvalue weighted by atomic mass is 10.3. The number of nitrogens with one attached hydrogen (secondary N) is 1. The highest BCUT2D eigenvalue weighted by molar-refractivity contribution is 9.10. The van der Waals surface area contributed by atoms with Crippen molar-refractivity contribution in [3.8, 4) is 5.75 Å². The van der Waals surface area contributed by atoms with Crippen LogP contribution in [0.5, 0.6) is 5.75 Å². The molecule has 0 aliphatic heterocycles. The third-order valence-electron chi connectivity index (χ3n) is 1.89. The number of ether oxygens (including phenoxy) is 2. The SMILES string of the molecule is CCOCCNc1cc(Br)cc(OC)c1. The lowest BCUT2D eigenvalue weighted by Crippen LogP contribution is -2.09. The minimum absolute atomic E-state index is 0.714. The van der Waals surface area contributed by atoms with Gasteiger partial charge in [-0.2, -0.15) is 0 Å². The molecule has 0 fully saturated rings. The van der Waals surface area contributed by atoms with E-state index in [1.54, 1.807) is 7.11 Å². The number of rotatable bonds is 6. The highest BCUT2D eigenvalue weighted by Crippen LogP contribution is 2.24. The summed E-state index contributed by atoms with van der Waals surface area (Å²) in [4.78, 5) is 0. The minimum atomic E-state index is 0.714. The summed E-state index contributed by atoms with van der Waals surface area (Å²) in [5, 5.41) is 3.26. The molecule has 1 N–H and O–H groups in total. The molecule has 0 aliphatic carbocycles. The molecule has 0 bridgehead atoms. The van der Waals surface area contributed by atoms with E-state index in [-0.39, 0.29) is 0 Å². The van der Waals surface area contributed by atoms with Crippen molar-refractivity contribution in [3.05, 3.63) is 22.7 Å². The Hall–Kier alpha value is -0.740. The van der Waals surface area contributed by atoms with Crippen molar-refractivity contribution in [2.45, 2.75) is 6.92 Å². The molecule has 0 spiro atoms. The summed E-state index contributed by atoms with van der Waals surface area (Å²) in [6, 6.07) is 5.89. The van der Waals surface area contributed by atoms with E-state index < -0.39 is 0 Å². The summed E-state index contributed by atoms with van der Waals surface area (Å²) < 4.78 is 11.4. The smallest absolute Gasteiger partial charge is 0.122 e. The normalized spacial score (nSPS) is 10.1. The fraction of sp³-hybridized carbons (Fsp3) is 0.455. The van der Waals surface area contributed by atoms with Crippen molar-refractivity contribution >= 4 is 21.6 Å². The quantitative estimate of drug-likeness (QED) is 0.809. The average Bonchev–Trinajstić information content (AvgIpc) is 2.23. The maximum absolute atomic E-state index is 5.24. The summed E-state index contributed by atoms with van der Waals surface area (Å²) in [7, 11) is 1.66. The molecule has 4 heteroatoms. The first-order valence-electron chi connectivity index (χ1n) is 4.92. The monoisotopic (exact) mass is 273 g/mol. The summed E-state index contributed by atoms with van der Waals surface area (Å²) in [5.41, 5.74) is 1.03. The van der Waals surface area contributed by atoms with Crippen LogP contribution in [0.25, 0.3) is 0 Å². The molecule has 0 aliphatic rings. The van der Waals surface area contributed by atoms with E-state index in [2.05, 4.69) is 21.2 Å². The molecule has 0 heterocycles. The zero-order valence-electron chi connectivity index (χ0n) is 9.05. The van der Waals surface area contributed by atoms with Gasteiger partial charge in [-0.05, 0) is 19.1 Å². The highest BCUT2D eigenvalue weighted by atomic mass is 79.9. The summed E-state index contributed by atoms with van der Waals surface area (Å²) in [5.74, 6) is 0.836. The van der Waals surface area contributed by atoms with Crippen LogP contribution in [-0.2, 0) is 4.74 Å². The largest absolute Gasteiger partial charge is 0.497 e. The van der Waals surface area contributed by atoms with Gasteiger partial charge in [-0.25, -0.2) is 0 Å². The van der Waals surface area contributed by atoms with Crippen LogP contribution in [0.3, 0.4) is 0 Å². The van der Waals surface area contributed by atoms with Gasteiger partial charge in [0.2, 0.25) is 0 Å². The van der Waals surface area contributed by atoms with E-state index in [0.29, 0.717) is 6.61 Å². The van der Waals surface area contributed by atoms with Crippen LogP contribution >= 0.6 is 15.9 Å². The Morgan fingerprint density at radius 3 is 2.80 bits per heavy atom. The van der Waals surface area contributed by atoms with Crippen molar-refractivity contribution in [3.63, 3.8) is 0 Å². The first-order valence-corrected chi connectivity index (χ1v) is 5.71. The number of hydrogen-bond acceptors (Lipinski definition) is 3. The Morgan fingerprint density at radius 1 is 1.33 bits per heavy atom. The molecule has 0 radical (unpaired) electrons. The van der Waals surface area contributed by atoms with Crippen LogP contribution in [0.4, 0.5) is 5.69 Å². The van der Waals surface area contributed by atoms with E-state index in [1.165, 1.54) is 0 Å². The van der Waals surface area contributed by atoms with E-state index in [0.717, 1.165) is 29.1 Å². The van der Waals surface area contributed by atoms with Crippen molar-refractivity contribution < 1.29 is 9.47 Å². The predicted molar refractivity (Wildman–Crippen MR) is 65.7 cm³/mol. The molecule has 0 saturated heterocycles. The van der Waals surface area contributed by atoms with Crippen molar-refractivity contribution in [2.75, 3.05) is 32.2 Å². The van der Waals surface area contributed by atoms with Crippen LogP contribution in [0, 0.1) is 0 Å². The summed E-state index contributed by atoms with van der Waals surface area (Å²) in [6.45, 7) is 4.25. The van der Waals surface area contributed by atoms with Crippen LogP contribution in [0.2, 0.25) is 0 Å². The standard InChI is InChI=1S/C11H16BrNO2/c1-3-15-5-4-13-10-6-9(12)7-11(8-10)14-2/h6-8,13H,3-5H2,1-2H3. The molecule has 84 valence electrons. The number of hydrogen-bond donors (Lipinski definition) is 1. The molecule has 0 amide bonds. The Labute approximate surface area is 98.9 Å². The van der Waals surface area contributed by atoms with Crippen LogP contribution < -0.4 is 10.1 Å². The number of methoxy groups -OCH3 is 1. The molecular formula is C11H16BrNO2. The first-order chi connectivity index (χ1) is 7.26. The second-order valence-corrected chi connectivity index (χ2v) is 3.92. The predicted octanol–water partition coefficient (Wildman–Crippen LogP) is 2.91. The number of halogens is 1. The maximum Gasteiger partial charge on any atom is 0.122 e. The maximum atomic E-state index is 5.24. The van der Waals surface area contributed by atoms with E-state index >= 15 is 0 Å². The van der Waals surface area contributed by atoms with Crippen molar-refractivity contribution in [1.29, 1.82) is 0 Å². The fourth-order valence-corrected chi connectivity index (χ4v) is 1.67. The van der Waals surface area contributed by atoms with Gasteiger partial charge in [0.15, 0.2) is 0 Å². The Balaban J connectivity index is 2.49. The summed E-state index contributed by atoms with van der Waals surface area (Å²) >= 11 is 3.43. The second-order valence-electron chi connectivity index (χ2n) is 3.00. The van der Waals surface area contributed by atoms with E-state index in [9.17, 15) is 0 Å². The molecule has 0 aromatic heterocycles. The molecule has 15 heavy (non-hydrogen) atoms.